The highest BCUT2D eigenvalue weighted by Crippen LogP contribution is 2.14. The van der Waals surface area contributed by atoms with Crippen molar-refractivity contribution in [3.05, 3.63) is 48.0 Å². The van der Waals surface area contributed by atoms with Gasteiger partial charge in [-0.05, 0) is 17.7 Å². The van der Waals surface area contributed by atoms with E-state index < -0.39 is 0 Å². The Hall–Kier alpha value is -2.54. The second-order valence-corrected chi connectivity index (χ2v) is 3.05. The number of hydrogen-bond acceptors (Lipinski definition) is 4. The topological polar surface area (TPSA) is 81.8 Å². The van der Waals surface area contributed by atoms with Crippen molar-refractivity contribution in [3.63, 3.8) is 0 Å². The molecule has 0 fully saturated rings. The summed E-state index contributed by atoms with van der Waals surface area (Å²) in [6.45, 7) is 2.12. The van der Waals surface area contributed by atoms with E-state index in [0.717, 1.165) is 12.2 Å². The summed E-state index contributed by atoms with van der Waals surface area (Å²) in [6, 6.07) is 14.9. The molecule has 0 amide bonds. The molecule has 0 bridgehead atoms. The molecule has 0 saturated heterocycles. The molecule has 0 aliphatic heterocycles. The number of nitrogens with one attached hydrogen (secondary N) is 2. The molecule has 0 saturated carbocycles. The Morgan fingerprint density at radius 2 is 1.35 bits per heavy atom. The first-order chi connectivity index (χ1) is 8.19. The maximum absolute atomic E-state index is 8.35. The lowest BCUT2D eigenvalue weighted by Gasteiger charge is -1.96. The third-order valence-corrected chi connectivity index (χ3v) is 1.90. The Balaban J connectivity index is 0.000000366. The minimum atomic E-state index is 0.750. The Kier molecular flexibility index (Phi) is 7.44. The Morgan fingerprint density at radius 1 is 0.882 bits per heavy atom. The predicted octanol–water partition coefficient (Wildman–Crippen LogP) is 2.95. The first kappa shape index (κ1) is 14.5. The minimum Gasteiger partial charge on any atom is -0.222 e. The SMILES string of the molecule is Cc1ccc2ccccc2c1.N=C=O.N=C=O. The summed E-state index contributed by atoms with van der Waals surface area (Å²) in [5.41, 5.74) is 1.32. The van der Waals surface area contributed by atoms with Gasteiger partial charge in [-0.3, -0.25) is 0 Å². The molecule has 0 aliphatic rings. The van der Waals surface area contributed by atoms with Crippen LogP contribution in [-0.4, -0.2) is 12.2 Å². The summed E-state index contributed by atoms with van der Waals surface area (Å²) < 4.78 is 0. The number of carbonyl (C=O) groups excluding carboxylic acids is 2. The molecule has 0 spiro atoms. The van der Waals surface area contributed by atoms with E-state index in [0.29, 0.717) is 0 Å². The fourth-order valence-corrected chi connectivity index (χ4v) is 1.31. The highest BCUT2D eigenvalue weighted by molar-refractivity contribution is 5.82. The van der Waals surface area contributed by atoms with E-state index in [-0.39, 0.29) is 0 Å². The minimum absolute atomic E-state index is 0.750. The van der Waals surface area contributed by atoms with Crippen LogP contribution < -0.4 is 0 Å². The molecule has 2 rings (SSSR count). The second kappa shape index (κ2) is 8.74. The third-order valence-electron chi connectivity index (χ3n) is 1.90. The number of rotatable bonds is 0. The number of isocyanates is 2. The van der Waals surface area contributed by atoms with Crippen LogP contribution in [0.5, 0.6) is 0 Å². The molecule has 0 heterocycles. The van der Waals surface area contributed by atoms with Gasteiger partial charge in [-0.1, -0.05) is 48.0 Å². The van der Waals surface area contributed by atoms with Gasteiger partial charge in [0.05, 0.1) is 0 Å². The third kappa shape index (κ3) is 5.80. The Morgan fingerprint density at radius 3 is 1.88 bits per heavy atom. The Labute approximate surface area is 98.9 Å². The summed E-state index contributed by atoms with van der Waals surface area (Å²) in [4.78, 5) is 16.7. The standard InChI is InChI=1S/C11H10.2CHNO/c1-9-6-7-10-4-2-3-5-11(10)8-9;2*2-1-3/h2-8H,1H3;2*2H. The molecule has 0 atom stereocenters. The average molecular weight is 228 g/mol. The summed E-state index contributed by atoms with van der Waals surface area (Å²) >= 11 is 0. The second-order valence-electron chi connectivity index (χ2n) is 3.05. The van der Waals surface area contributed by atoms with Gasteiger partial charge in [0.1, 0.15) is 0 Å². The van der Waals surface area contributed by atoms with Crippen LogP contribution in [0, 0.1) is 17.7 Å². The molecule has 2 aromatic carbocycles. The van der Waals surface area contributed by atoms with Crippen molar-refractivity contribution < 1.29 is 9.59 Å². The van der Waals surface area contributed by atoms with Gasteiger partial charge < -0.3 is 0 Å². The van der Waals surface area contributed by atoms with Crippen LogP contribution in [0.15, 0.2) is 42.5 Å². The molecular formula is C13H12N2O2. The van der Waals surface area contributed by atoms with Crippen LogP contribution in [0.3, 0.4) is 0 Å². The van der Waals surface area contributed by atoms with Gasteiger partial charge in [-0.2, -0.15) is 0 Å². The van der Waals surface area contributed by atoms with Crippen LogP contribution in [0.25, 0.3) is 10.8 Å². The van der Waals surface area contributed by atoms with Gasteiger partial charge in [-0.15, -0.1) is 0 Å². The zero-order valence-electron chi connectivity index (χ0n) is 9.36. The van der Waals surface area contributed by atoms with Crippen LogP contribution in [0.2, 0.25) is 0 Å². The molecule has 0 aliphatic carbocycles. The highest BCUT2D eigenvalue weighted by atomic mass is 16.1. The Bertz CT molecular complexity index is 526. The van der Waals surface area contributed by atoms with E-state index >= 15 is 0 Å². The zero-order valence-corrected chi connectivity index (χ0v) is 9.36. The highest BCUT2D eigenvalue weighted by Gasteiger charge is 1.89. The van der Waals surface area contributed by atoms with Crippen molar-refractivity contribution in [2.45, 2.75) is 6.92 Å². The number of benzene rings is 2. The van der Waals surface area contributed by atoms with Crippen LogP contribution >= 0.6 is 0 Å². The lowest BCUT2D eigenvalue weighted by Crippen LogP contribution is -1.73. The summed E-state index contributed by atoms with van der Waals surface area (Å²) in [7, 11) is 0. The molecule has 4 nitrogen and oxygen atoms in total. The van der Waals surface area contributed by atoms with Crippen molar-refractivity contribution in [1.29, 1.82) is 10.8 Å². The molecule has 0 aromatic heterocycles. The van der Waals surface area contributed by atoms with E-state index in [9.17, 15) is 0 Å². The number of aryl methyl sites for hydroxylation is 1. The molecular weight excluding hydrogens is 216 g/mol. The number of fused-ring (bicyclic) bond motifs is 1. The van der Waals surface area contributed by atoms with Gasteiger partial charge in [0.2, 0.25) is 12.2 Å². The van der Waals surface area contributed by atoms with Crippen molar-refractivity contribution in [3.8, 4) is 0 Å². The molecule has 4 heteroatoms. The molecule has 0 radical (unpaired) electrons. The first-order valence-electron chi connectivity index (χ1n) is 4.72. The van der Waals surface area contributed by atoms with Gasteiger partial charge in [0.25, 0.3) is 0 Å². The quantitative estimate of drug-likeness (QED) is 0.536. The van der Waals surface area contributed by atoms with Gasteiger partial charge in [0, 0.05) is 0 Å². The number of hydrogen-bond donors (Lipinski definition) is 2. The van der Waals surface area contributed by atoms with Crippen molar-refractivity contribution in [2.24, 2.45) is 0 Å². The molecule has 2 N–H and O–H groups in total. The van der Waals surface area contributed by atoms with Crippen molar-refractivity contribution in [2.75, 3.05) is 0 Å². The van der Waals surface area contributed by atoms with Gasteiger partial charge in [-0.25, -0.2) is 20.4 Å². The van der Waals surface area contributed by atoms with E-state index in [1.807, 2.05) is 0 Å². The van der Waals surface area contributed by atoms with Gasteiger partial charge in [0.15, 0.2) is 0 Å². The summed E-state index contributed by atoms with van der Waals surface area (Å²) in [5, 5.41) is 13.4. The monoisotopic (exact) mass is 228 g/mol. The molecule has 0 unspecified atom stereocenters. The molecule has 17 heavy (non-hydrogen) atoms. The lowest BCUT2D eigenvalue weighted by molar-refractivity contribution is 0.562. The maximum Gasteiger partial charge on any atom is 0.231 e. The van der Waals surface area contributed by atoms with E-state index in [2.05, 4.69) is 49.4 Å². The average Bonchev–Trinajstić information content (AvgIpc) is 2.31. The fraction of sp³-hybridized carbons (Fsp3) is 0.0769. The van der Waals surface area contributed by atoms with E-state index in [1.165, 1.54) is 16.3 Å². The van der Waals surface area contributed by atoms with Crippen LogP contribution in [-0.2, 0) is 9.59 Å². The van der Waals surface area contributed by atoms with E-state index in [1.54, 1.807) is 0 Å². The summed E-state index contributed by atoms with van der Waals surface area (Å²) in [5.74, 6) is 0. The van der Waals surface area contributed by atoms with Crippen LogP contribution in [0.1, 0.15) is 5.56 Å². The first-order valence-corrected chi connectivity index (χ1v) is 4.72. The normalized spacial score (nSPS) is 7.59. The van der Waals surface area contributed by atoms with E-state index in [4.69, 9.17) is 20.4 Å². The molecule has 86 valence electrons. The predicted molar refractivity (Wildman–Crippen MR) is 65.5 cm³/mol. The smallest absolute Gasteiger partial charge is 0.222 e. The largest absolute Gasteiger partial charge is 0.231 e. The van der Waals surface area contributed by atoms with Crippen LogP contribution in [0.4, 0.5) is 0 Å². The fourth-order valence-electron chi connectivity index (χ4n) is 1.31. The van der Waals surface area contributed by atoms with Crippen molar-refractivity contribution >= 4 is 22.9 Å². The van der Waals surface area contributed by atoms with Crippen molar-refractivity contribution in [1.82, 2.24) is 0 Å². The maximum atomic E-state index is 8.35. The molecule has 2 aromatic rings. The van der Waals surface area contributed by atoms with Gasteiger partial charge >= 0.3 is 0 Å². The lowest BCUT2D eigenvalue weighted by atomic mass is 10.1. The summed E-state index contributed by atoms with van der Waals surface area (Å²) in [6.07, 6.45) is 1.50. The zero-order chi connectivity index (χ0) is 13.1.